The monoisotopic (exact) mass is 691 g/mol. The first-order valence-corrected chi connectivity index (χ1v) is 16.9. The maximum Gasteiger partial charge on any atom is 0.341 e. The molecule has 2 aliphatic rings. The molecule has 2 aliphatic heterocycles. The first-order chi connectivity index (χ1) is 26.1. The van der Waals surface area contributed by atoms with E-state index in [1.165, 1.54) is 0 Å². The molecular formula is C43H29N7O3. The van der Waals surface area contributed by atoms with Crippen LogP contribution in [-0.2, 0) is 4.79 Å². The number of carboxylic acids is 1. The van der Waals surface area contributed by atoms with Crippen LogP contribution >= 0.6 is 0 Å². The molecule has 0 saturated carbocycles. The number of aliphatic carboxylic acids is 1. The van der Waals surface area contributed by atoms with Gasteiger partial charge in [0.05, 0.1) is 45.2 Å². The number of fused-ring (bicyclic) bond motifs is 8. The Morgan fingerprint density at radius 2 is 1.26 bits per heavy atom. The quantitative estimate of drug-likeness (QED) is 0.170. The SMILES string of the molecule is O=C(O)COc1ccc(-c2c3nc(cc4ccc(cc5nc(cc6c(-c7ccccn7)c(-c7ccccn7)c2n6-c2ccccn2)C=C5)[nH]4)C=C3)cc1. The van der Waals surface area contributed by atoms with Crippen molar-refractivity contribution in [2.24, 2.45) is 0 Å². The number of pyridine rings is 3. The van der Waals surface area contributed by atoms with Crippen LogP contribution in [0.1, 0.15) is 22.8 Å². The molecule has 8 bridgehead atoms. The smallest absolute Gasteiger partial charge is 0.341 e. The zero-order valence-electron chi connectivity index (χ0n) is 28.1. The summed E-state index contributed by atoms with van der Waals surface area (Å²) in [6.45, 7) is -0.450. The molecule has 10 heteroatoms. The van der Waals surface area contributed by atoms with E-state index < -0.39 is 12.6 Å². The van der Waals surface area contributed by atoms with Crippen molar-refractivity contribution in [1.29, 1.82) is 0 Å². The summed E-state index contributed by atoms with van der Waals surface area (Å²) in [5, 5.41) is 9.25. The van der Waals surface area contributed by atoms with E-state index in [2.05, 4.69) is 15.6 Å². The summed E-state index contributed by atoms with van der Waals surface area (Å²) in [5.41, 5.74) is 11.2. The van der Waals surface area contributed by atoms with Crippen LogP contribution in [0.5, 0.6) is 5.75 Å². The highest BCUT2D eigenvalue weighted by atomic mass is 16.5. The first kappa shape index (κ1) is 31.5. The third kappa shape index (κ3) is 6.14. The first-order valence-electron chi connectivity index (χ1n) is 16.9. The molecular weight excluding hydrogens is 663 g/mol. The van der Waals surface area contributed by atoms with E-state index in [0.29, 0.717) is 17.3 Å². The highest BCUT2D eigenvalue weighted by Crippen LogP contribution is 2.46. The number of aromatic nitrogens is 7. The highest BCUT2D eigenvalue weighted by Gasteiger charge is 2.27. The fourth-order valence-corrected chi connectivity index (χ4v) is 6.70. The van der Waals surface area contributed by atoms with Gasteiger partial charge in [-0.25, -0.2) is 19.7 Å². The standard InChI is InChI=1S/C43H29N7O3/c51-39(52)26-53-33-17-10-27(11-18-33)40-36-19-16-31(49-36)24-30-13-12-28(47-30)23-29-14-15-32(48-29)25-37-41(34-7-1-4-20-44-34)42(35-8-2-5-21-45-35)43(40)50(37)38-9-3-6-22-46-38/h1-25,47H,26H2,(H,51,52). The second-order valence-corrected chi connectivity index (χ2v) is 12.4. The van der Waals surface area contributed by atoms with E-state index in [9.17, 15) is 9.90 Å². The second kappa shape index (κ2) is 13.3. The summed E-state index contributed by atoms with van der Waals surface area (Å²) >= 11 is 0. The molecule has 0 saturated heterocycles. The Labute approximate surface area is 303 Å². The lowest BCUT2D eigenvalue weighted by molar-refractivity contribution is -0.139. The van der Waals surface area contributed by atoms with Crippen molar-refractivity contribution in [2.45, 2.75) is 0 Å². The lowest BCUT2D eigenvalue weighted by Gasteiger charge is -2.13. The average Bonchev–Trinajstić information content (AvgIpc) is 4.00. The van der Waals surface area contributed by atoms with E-state index in [1.54, 1.807) is 30.7 Å². The fraction of sp³-hybridized carbons (Fsp3) is 0.0233. The van der Waals surface area contributed by atoms with Gasteiger partial charge in [0.2, 0.25) is 0 Å². The number of aromatic amines is 1. The Kier molecular flexibility index (Phi) is 7.94. The van der Waals surface area contributed by atoms with Crippen LogP contribution < -0.4 is 4.74 Å². The van der Waals surface area contributed by atoms with E-state index in [0.717, 1.165) is 72.8 Å². The van der Waals surface area contributed by atoms with Gasteiger partial charge in [-0.3, -0.25) is 14.5 Å². The van der Waals surface area contributed by atoms with Crippen LogP contribution in [0.3, 0.4) is 0 Å². The summed E-state index contributed by atoms with van der Waals surface area (Å²) < 4.78 is 7.67. The zero-order valence-corrected chi connectivity index (χ0v) is 28.1. The number of hydrogen-bond donors (Lipinski definition) is 2. The normalized spacial score (nSPS) is 11.8. The third-order valence-corrected chi connectivity index (χ3v) is 8.89. The largest absolute Gasteiger partial charge is 0.482 e. The van der Waals surface area contributed by atoms with Crippen molar-refractivity contribution in [3.05, 3.63) is 151 Å². The Bertz CT molecular complexity index is 2740. The number of H-pyrrole nitrogens is 1. The summed E-state index contributed by atoms with van der Waals surface area (Å²) in [6.07, 6.45) is 13.3. The molecule has 0 fully saturated rings. The number of carbonyl (C=O) groups is 1. The molecule has 8 heterocycles. The van der Waals surface area contributed by atoms with Crippen molar-refractivity contribution < 1.29 is 14.6 Å². The predicted octanol–water partition coefficient (Wildman–Crippen LogP) is 8.77. The van der Waals surface area contributed by atoms with Gasteiger partial charge in [0.1, 0.15) is 11.6 Å². The minimum Gasteiger partial charge on any atom is -0.482 e. The Morgan fingerprint density at radius 3 is 1.91 bits per heavy atom. The summed E-state index contributed by atoms with van der Waals surface area (Å²) in [6, 6.07) is 35.1. The van der Waals surface area contributed by atoms with E-state index in [4.69, 9.17) is 29.7 Å². The lowest BCUT2D eigenvalue weighted by atomic mass is 9.97. The van der Waals surface area contributed by atoms with Gasteiger partial charge >= 0.3 is 5.97 Å². The third-order valence-electron chi connectivity index (χ3n) is 8.89. The average molecular weight is 692 g/mol. The summed E-state index contributed by atoms with van der Waals surface area (Å²) in [5.74, 6) is 0.0470. The molecule has 0 atom stereocenters. The molecule has 0 amide bonds. The molecule has 10 nitrogen and oxygen atoms in total. The predicted molar refractivity (Wildman–Crippen MR) is 207 cm³/mol. The van der Waals surface area contributed by atoms with Crippen molar-refractivity contribution in [3.63, 3.8) is 0 Å². The maximum absolute atomic E-state index is 11.3. The number of benzene rings is 1. The van der Waals surface area contributed by atoms with Crippen LogP contribution in [0.2, 0.25) is 0 Å². The van der Waals surface area contributed by atoms with Gasteiger partial charge in [0, 0.05) is 46.3 Å². The number of rotatable bonds is 7. The molecule has 6 aromatic heterocycles. The van der Waals surface area contributed by atoms with Crippen LogP contribution in [0.15, 0.2) is 128 Å². The topological polar surface area (TPSA) is 132 Å². The molecule has 9 rings (SSSR count). The molecule has 0 unspecified atom stereocenters. The lowest BCUT2D eigenvalue weighted by Crippen LogP contribution is -2.09. The fourth-order valence-electron chi connectivity index (χ4n) is 6.70. The van der Waals surface area contributed by atoms with Gasteiger partial charge in [0.15, 0.2) is 6.61 Å². The number of carboxylic acid groups (broad SMARTS) is 1. The highest BCUT2D eigenvalue weighted by molar-refractivity contribution is 6.09. The van der Waals surface area contributed by atoms with Crippen molar-refractivity contribution >= 4 is 52.3 Å². The molecule has 0 spiro atoms. The van der Waals surface area contributed by atoms with E-state index in [1.807, 2.05) is 115 Å². The number of nitrogens with one attached hydrogen (secondary N) is 1. The van der Waals surface area contributed by atoms with Crippen LogP contribution in [0, 0.1) is 0 Å². The molecule has 2 N–H and O–H groups in total. The van der Waals surface area contributed by atoms with Gasteiger partial charge < -0.3 is 14.8 Å². The Balaban J connectivity index is 1.54. The van der Waals surface area contributed by atoms with Gasteiger partial charge in [0.25, 0.3) is 0 Å². The van der Waals surface area contributed by atoms with Gasteiger partial charge in [-0.1, -0.05) is 30.3 Å². The van der Waals surface area contributed by atoms with Crippen LogP contribution in [-0.4, -0.2) is 52.2 Å². The molecule has 0 radical (unpaired) electrons. The molecule has 7 aromatic rings. The minimum absolute atomic E-state index is 0.431. The van der Waals surface area contributed by atoms with Crippen LogP contribution in [0.25, 0.3) is 85.8 Å². The second-order valence-electron chi connectivity index (χ2n) is 12.4. The Morgan fingerprint density at radius 1 is 0.642 bits per heavy atom. The molecule has 0 aliphatic carbocycles. The van der Waals surface area contributed by atoms with Gasteiger partial charge in [-0.05, 0) is 109 Å². The van der Waals surface area contributed by atoms with E-state index >= 15 is 0 Å². The zero-order chi connectivity index (χ0) is 35.7. The molecule has 53 heavy (non-hydrogen) atoms. The van der Waals surface area contributed by atoms with E-state index in [-0.39, 0.29) is 0 Å². The summed E-state index contributed by atoms with van der Waals surface area (Å²) in [4.78, 5) is 39.7. The van der Waals surface area contributed by atoms with Crippen molar-refractivity contribution in [1.82, 2.24) is 34.5 Å². The number of nitrogens with zero attached hydrogens (tertiary/aromatic N) is 6. The number of hydrogen-bond acceptors (Lipinski definition) is 7. The molecule has 1 aromatic carbocycles. The molecule has 254 valence electrons. The van der Waals surface area contributed by atoms with Crippen molar-refractivity contribution in [3.8, 4) is 45.2 Å². The van der Waals surface area contributed by atoms with Crippen LogP contribution in [0.4, 0.5) is 0 Å². The van der Waals surface area contributed by atoms with Crippen molar-refractivity contribution in [2.75, 3.05) is 6.61 Å². The maximum atomic E-state index is 11.3. The number of ether oxygens (including phenoxy) is 1. The van der Waals surface area contributed by atoms with Gasteiger partial charge in [-0.2, -0.15) is 0 Å². The summed E-state index contributed by atoms with van der Waals surface area (Å²) in [7, 11) is 0. The minimum atomic E-state index is -1.05. The van der Waals surface area contributed by atoms with Gasteiger partial charge in [-0.15, -0.1) is 0 Å². The Hall–Kier alpha value is -7.46.